The van der Waals surface area contributed by atoms with Crippen LogP contribution in [-0.2, 0) is 0 Å². The lowest BCUT2D eigenvalue weighted by Crippen LogP contribution is -2.02. The molecule has 4 nitrogen and oxygen atoms in total. The number of hydrogen-bond acceptors (Lipinski definition) is 3. The van der Waals surface area contributed by atoms with Crippen LogP contribution >= 0.6 is 11.6 Å². The number of rotatable bonds is 5. The van der Waals surface area contributed by atoms with Gasteiger partial charge < -0.3 is 4.42 Å². The van der Waals surface area contributed by atoms with Crippen LogP contribution in [0.2, 0.25) is 5.02 Å². The molecular weight excluding hydrogens is 290 g/mol. The van der Waals surface area contributed by atoms with Crippen molar-refractivity contribution in [2.45, 2.75) is 20.3 Å². The average Bonchev–Trinajstić information content (AvgIpc) is 2.87. The Labute approximate surface area is 128 Å². The van der Waals surface area contributed by atoms with Gasteiger partial charge in [0, 0.05) is 17.0 Å². The summed E-state index contributed by atoms with van der Waals surface area (Å²) < 4.78 is 5.65. The van der Waals surface area contributed by atoms with Gasteiger partial charge in [0.1, 0.15) is 11.5 Å². The van der Waals surface area contributed by atoms with Gasteiger partial charge in [0.05, 0.1) is 11.0 Å². The van der Waals surface area contributed by atoms with Crippen molar-refractivity contribution in [2.75, 3.05) is 0 Å². The standard InChI is InChI=1S/C16H16ClNO3/c1-11(2)9-14(18(19)20)10-15-7-8-16(21-15)12-3-5-13(17)6-4-12/h3-8,10-11H,9H2,1-2H3. The molecule has 0 spiro atoms. The van der Waals surface area contributed by atoms with Crippen molar-refractivity contribution in [3.63, 3.8) is 0 Å². The van der Waals surface area contributed by atoms with E-state index in [1.165, 1.54) is 6.08 Å². The lowest BCUT2D eigenvalue weighted by Gasteiger charge is -2.01. The fraction of sp³-hybridized carbons (Fsp3) is 0.250. The third kappa shape index (κ3) is 4.20. The second-order valence-electron chi connectivity index (χ2n) is 5.20. The molecule has 21 heavy (non-hydrogen) atoms. The Morgan fingerprint density at radius 3 is 2.52 bits per heavy atom. The van der Waals surface area contributed by atoms with Crippen LogP contribution in [0.25, 0.3) is 17.4 Å². The molecule has 0 amide bonds. The SMILES string of the molecule is CC(C)CC(=Cc1ccc(-c2ccc(Cl)cc2)o1)[N+](=O)[O-]. The molecule has 5 heteroatoms. The molecule has 110 valence electrons. The van der Waals surface area contributed by atoms with Gasteiger partial charge in [-0.15, -0.1) is 0 Å². The van der Waals surface area contributed by atoms with Gasteiger partial charge in [0.2, 0.25) is 5.70 Å². The van der Waals surface area contributed by atoms with Crippen LogP contribution in [0.5, 0.6) is 0 Å². The minimum absolute atomic E-state index is 0.155. The van der Waals surface area contributed by atoms with Gasteiger partial charge in [-0.05, 0) is 42.3 Å². The molecule has 0 aliphatic carbocycles. The molecule has 2 aromatic rings. The zero-order valence-corrected chi connectivity index (χ0v) is 12.6. The number of hydrogen-bond donors (Lipinski definition) is 0. The van der Waals surface area contributed by atoms with Crippen LogP contribution in [0.4, 0.5) is 0 Å². The first-order valence-electron chi connectivity index (χ1n) is 6.66. The second kappa shape index (κ2) is 6.59. The number of allylic oxidation sites excluding steroid dienone is 1. The highest BCUT2D eigenvalue weighted by Crippen LogP contribution is 2.25. The zero-order valence-electron chi connectivity index (χ0n) is 11.9. The highest BCUT2D eigenvalue weighted by Gasteiger charge is 2.14. The average molecular weight is 306 g/mol. The van der Waals surface area contributed by atoms with E-state index in [1.54, 1.807) is 24.3 Å². The fourth-order valence-corrected chi connectivity index (χ4v) is 2.09. The second-order valence-corrected chi connectivity index (χ2v) is 5.64. The molecule has 2 rings (SSSR count). The van der Waals surface area contributed by atoms with Gasteiger partial charge in [-0.3, -0.25) is 10.1 Å². The predicted molar refractivity (Wildman–Crippen MR) is 83.6 cm³/mol. The number of benzene rings is 1. The first-order valence-corrected chi connectivity index (χ1v) is 7.04. The van der Waals surface area contributed by atoms with E-state index in [0.29, 0.717) is 23.0 Å². The normalized spacial score (nSPS) is 11.9. The minimum atomic E-state index is -0.357. The van der Waals surface area contributed by atoms with E-state index < -0.39 is 0 Å². The number of furan rings is 1. The maximum atomic E-state index is 11.0. The van der Waals surface area contributed by atoms with E-state index >= 15 is 0 Å². The van der Waals surface area contributed by atoms with Crippen LogP contribution in [0, 0.1) is 16.0 Å². The highest BCUT2D eigenvalue weighted by atomic mass is 35.5. The lowest BCUT2D eigenvalue weighted by atomic mass is 10.1. The topological polar surface area (TPSA) is 56.3 Å². The maximum Gasteiger partial charge on any atom is 0.250 e. The van der Waals surface area contributed by atoms with Crippen molar-refractivity contribution in [3.8, 4) is 11.3 Å². The molecule has 0 aliphatic heterocycles. The van der Waals surface area contributed by atoms with Crippen molar-refractivity contribution in [3.05, 3.63) is 63.0 Å². The molecule has 1 aromatic carbocycles. The van der Waals surface area contributed by atoms with Gasteiger partial charge >= 0.3 is 0 Å². The minimum Gasteiger partial charge on any atom is -0.456 e. The van der Waals surface area contributed by atoms with Crippen molar-refractivity contribution in [1.82, 2.24) is 0 Å². The first-order chi connectivity index (χ1) is 9.95. The van der Waals surface area contributed by atoms with Crippen molar-refractivity contribution < 1.29 is 9.34 Å². The molecule has 0 atom stereocenters. The van der Waals surface area contributed by atoms with E-state index in [2.05, 4.69) is 0 Å². The molecule has 0 unspecified atom stereocenters. The molecule has 0 saturated carbocycles. The maximum absolute atomic E-state index is 11.0. The van der Waals surface area contributed by atoms with E-state index in [1.807, 2.05) is 26.0 Å². The Bertz CT molecular complexity index is 656. The molecule has 1 heterocycles. The summed E-state index contributed by atoms with van der Waals surface area (Å²) in [5.74, 6) is 1.35. The molecular formula is C16H16ClNO3. The largest absolute Gasteiger partial charge is 0.456 e. The van der Waals surface area contributed by atoms with E-state index in [4.69, 9.17) is 16.0 Å². The van der Waals surface area contributed by atoms with Crippen LogP contribution in [-0.4, -0.2) is 4.92 Å². The Balaban J connectivity index is 2.26. The Kier molecular flexibility index (Phi) is 4.81. The summed E-state index contributed by atoms with van der Waals surface area (Å²) in [7, 11) is 0. The summed E-state index contributed by atoms with van der Waals surface area (Å²) in [5, 5.41) is 11.7. The highest BCUT2D eigenvalue weighted by molar-refractivity contribution is 6.30. The monoisotopic (exact) mass is 305 g/mol. The summed E-state index contributed by atoms with van der Waals surface area (Å²) in [6, 6.07) is 10.8. The van der Waals surface area contributed by atoms with E-state index in [-0.39, 0.29) is 16.5 Å². The zero-order chi connectivity index (χ0) is 15.4. The molecule has 0 fully saturated rings. The van der Waals surface area contributed by atoms with Gasteiger partial charge in [-0.25, -0.2) is 0 Å². The summed E-state index contributed by atoms with van der Waals surface area (Å²) in [5.41, 5.74) is 1.03. The summed E-state index contributed by atoms with van der Waals surface area (Å²) in [6.07, 6.45) is 1.89. The van der Waals surface area contributed by atoms with Crippen molar-refractivity contribution >= 4 is 17.7 Å². The van der Waals surface area contributed by atoms with Crippen LogP contribution in [0.1, 0.15) is 26.0 Å². The van der Waals surface area contributed by atoms with Crippen molar-refractivity contribution in [1.29, 1.82) is 0 Å². The van der Waals surface area contributed by atoms with Gasteiger partial charge in [-0.1, -0.05) is 25.4 Å². The Morgan fingerprint density at radius 2 is 1.95 bits per heavy atom. The quantitative estimate of drug-likeness (QED) is 0.559. The van der Waals surface area contributed by atoms with E-state index in [0.717, 1.165) is 5.56 Å². The third-order valence-electron chi connectivity index (χ3n) is 2.92. The molecule has 0 bridgehead atoms. The number of nitrogens with zero attached hydrogens (tertiary/aromatic N) is 1. The first kappa shape index (κ1) is 15.3. The molecule has 0 radical (unpaired) electrons. The summed E-state index contributed by atoms with van der Waals surface area (Å²) in [6.45, 7) is 3.89. The Hall–Kier alpha value is -2.07. The molecule has 0 aliphatic rings. The third-order valence-corrected chi connectivity index (χ3v) is 3.17. The van der Waals surface area contributed by atoms with E-state index in [9.17, 15) is 10.1 Å². The van der Waals surface area contributed by atoms with Gasteiger partial charge in [0.15, 0.2) is 0 Å². The van der Waals surface area contributed by atoms with Gasteiger partial charge in [-0.2, -0.15) is 0 Å². The number of halogens is 1. The predicted octanol–water partition coefficient (Wildman–Crippen LogP) is 5.26. The van der Waals surface area contributed by atoms with Crippen LogP contribution in [0.3, 0.4) is 0 Å². The fourth-order valence-electron chi connectivity index (χ4n) is 1.97. The summed E-state index contributed by atoms with van der Waals surface area (Å²) in [4.78, 5) is 10.7. The summed E-state index contributed by atoms with van der Waals surface area (Å²) >= 11 is 5.84. The van der Waals surface area contributed by atoms with Crippen LogP contribution < -0.4 is 0 Å². The molecule has 0 N–H and O–H groups in total. The van der Waals surface area contributed by atoms with Crippen molar-refractivity contribution in [2.24, 2.45) is 5.92 Å². The molecule has 0 saturated heterocycles. The number of nitro groups is 1. The van der Waals surface area contributed by atoms with Crippen LogP contribution in [0.15, 0.2) is 46.5 Å². The molecule has 1 aromatic heterocycles. The van der Waals surface area contributed by atoms with Gasteiger partial charge in [0.25, 0.3) is 0 Å². The Morgan fingerprint density at radius 1 is 1.29 bits per heavy atom. The lowest BCUT2D eigenvalue weighted by molar-refractivity contribution is -0.427. The smallest absolute Gasteiger partial charge is 0.250 e.